The van der Waals surface area contributed by atoms with Gasteiger partial charge >= 0.3 is 0 Å². The summed E-state index contributed by atoms with van der Waals surface area (Å²) in [5, 5.41) is -0.113. The van der Waals surface area contributed by atoms with Gasteiger partial charge in [0.05, 0.1) is 5.24 Å². The molecule has 0 heterocycles. The van der Waals surface area contributed by atoms with Crippen LogP contribution in [0, 0.1) is 0 Å². The summed E-state index contributed by atoms with van der Waals surface area (Å²) in [6.07, 6.45) is 0. The van der Waals surface area contributed by atoms with Gasteiger partial charge in [0.25, 0.3) is 0 Å². The molecule has 0 N–H and O–H groups in total. The second kappa shape index (κ2) is 7.27. The predicted molar refractivity (Wildman–Crippen MR) is 105 cm³/mol. The highest BCUT2D eigenvalue weighted by Crippen LogP contribution is 2.57. The van der Waals surface area contributed by atoms with Crippen LogP contribution in [0.2, 0.25) is 0 Å². The first-order valence-electron chi connectivity index (χ1n) is 7.20. The lowest BCUT2D eigenvalue weighted by Gasteiger charge is -2.21. The van der Waals surface area contributed by atoms with Gasteiger partial charge in [-0.3, -0.25) is 4.79 Å². The monoisotopic (exact) mass is 354 g/mol. The van der Waals surface area contributed by atoms with Crippen molar-refractivity contribution in [3.05, 3.63) is 96.6 Å². The smallest absolute Gasteiger partial charge is 0.224 e. The Morgan fingerprint density at radius 1 is 0.696 bits per heavy atom. The third kappa shape index (κ3) is 3.64. The number of hydrogen-bond donors (Lipinski definition) is 0. The minimum Gasteiger partial charge on any atom is -0.281 e. The van der Waals surface area contributed by atoms with E-state index in [1.165, 1.54) is 11.4 Å². The molecule has 0 amide bonds. The Labute approximate surface area is 145 Å². The maximum atomic E-state index is 12.7. The highest BCUT2D eigenvalue weighted by molar-refractivity contribution is 8.80. The molecule has 0 saturated heterocycles. The number of carbonyl (C=O) groups is 1. The molecule has 3 aromatic rings. The highest BCUT2D eigenvalue weighted by atomic mass is 32.9. The topological polar surface area (TPSA) is 17.1 Å². The normalized spacial score (nSPS) is 11.1. The van der Waals surface area contributed by atoms with E-state index in [9.17, 15) is 4.79 Å². The Balaban J connectivity index is 2.04. The molecule has 114 valence electrons. The average molecular weight is 354 g/mol. The molecule has 23 heavy (non-hydrogen) atoms. The first-order valence-corrected chi connectivity index (χ1v) is 11.4. The standard InChI is InChI=1S/C19H15OPS2/c20-19(16-10-4-1-5-11-16)23-21(22,17-12-6-2-7-13-17)18-14-8-3-9-15-18/h1-15H. The fourth-order valence-electron chi connectivity index (χ4n) is 2.25. The number of benzene rings is 3. The molecular formula is C19H15OPS2. The zero-order valence-electron chi connectivity index (χ0n) is 12.3. The van der Waals surface area contributed by atoms with Gasteiger partial charge in [0, 0.05) is 5.56 Å². The van der Waals surface area contributed by atoms with Gasteiger partial charge in [0.15, 0.2) is 0 Å². The van der Waals surface area contributed by atoms with E-state index in [2.05, 4.69) is 0 Å². The van der Waals surface area contributed by atoms with Crippen LogP contribution in [-0.2, 0) is 11.8 Å². The molecule has 0 radical (unpaired) electrons. The summed E-state index contributed by atoms with van der Waals surface area (Å²) < 4.78 is 0. The Kier molecular flexibility index (Phi) is 5.12. The third-order valence-electron chi connectivity index (χ3n) is 3.41. The van der Waals surface area contributed by atoms with E-state index in [1.807, 2.05) is 91.0 Å². The molecule has 3 rings (SSSR count). The first kappa shape index (κ1) is 16.2. The number of carbonyl (C=O) groups excluding carboxylic acids is 1. The highest BCUT2D eigenvalue weighted by Gasteiger charge is 2.27. The van der Waals surface area contributed by atoms with Gasteiger partial charge in [-0.05, 0) is 22.0 Å². The van der Waals surface area contributed by atoms with Gasteiger partial charge in [-0.15, -0.1) is 0 Å². The fourth-order valence-corrected chi connectivity index (χ4v) is 8.08. The second-order valence-corrected chi connectivity index (χ2v) is 12.2. The molecule has 0 spiro atoms. The molecule has 4 heteroatoms. The molecule has 0 aliphatic rings. The van der Waals surface area contributed by atoms with E-state index >= 15 is 0 Å². The van der Waals surface area contributed by atoms with Crippen molar-refractivity contribution in [3.63, 3.8) is 0 Å². The van der Waals surface area contributed by atoms with E-state index < -0.39 is 5.24 Å². The van der Waals surface area contributed by atoms with Crippen LogP contribution in [0.1, 0.15) is 10.4 Å². The molecular weight excluding hydrogens is 339 g/mol. The maximum Gasteiger partial charge on any atom is 0.224 e. The van der Waals surface area contributed by atoms with E-state index in [1.54, 1.807) is 0 Å². The SMILES string of the molecule is O=C(SP(=S)(c1ccccc1)c1ccccc1)c1ccccc1. The van der Waals surface area contributed by atoms with Crippen LogP contribution < -0.4 is 10.6 Å². The molecule has 0 bridgehead atoms. The van der Waals surface area contributed by atoms with Crippen LogP contribution >= 0.6 is 16.6 Å². The lowest BCUT2D eigenvalue weighted by atomic mass is 10.2. The lowest BCUT2D eigenvalue weighted by molar-refractivity contribution is 0.109. The minimum atomic E-state index is -2.25. The van der Waals surface area contributed by atoms with Crippen LogP contribution in [0.15, 0.2) is 91.0 Å². The van der Waals surface area contributed by atoms with Crippen molar-refractivity contribution in [1.82, 2.24) is 0 Å². The van der Waals surface area contributed by atoms with Gasteiger partial charge in [-0.2, -0.15) is 0 Å². The van der Waals surface area contributed by atoms with E-state index in [0.717, 1.165) is 10.6 Å². The summed E-state index contributed by atoms with van der Waals surface area (Å²) in [5.41, 5.74) is 0.693. The van der Waals surface area contributed by atoms with E-state index in [-0.39, 0.29) is 5.12 Å². The molecule has 0 fully saturated rings. The van der Waals surface area contributed by atoms with Crippen molar-refractivity contribution >= 4 is 44.2 Å². The van der Waals surface area contributed by atoms with Crippen molar-refractivity contribution in [2.45, 2.75) is 0 Å². The summed E-state index contributed by atoms with van der Waals surface area (Å²) in [7, 11) is 0. The maximum absolute atomic E-state index is 12.7. The Morgan fingerprint density at radius 2 is 1.09 bits per heavy atom. The number of hydrogen-bond acceptors (Lipinski definition) is 3. The Morgan fingerprint density at radius 3 is 1.52 bits per heavy atom. The summed E-state index contributed by atoms with van der Waals surface area (Å²) in [5.74, 6) is 0. The van der Waals surface area contributed by atoms with Crippen LogP contribution in [0.5, 0.6) is 0 Å². The van der Waals surface area contributed by atoms with Crippen LogP contribution in [0.4, 0.5) is 0 Å². The van der Waals surface area contributed by atoms with Crippen molar-refractivity contribution in [2.24, 2.45) is 0 Å². The van der Waals surface area contributed by atoms with Crippen molar-refractivity contribution in [3.8, 4) is 0 Å². The van der Waals surface area contributed by atoms with Crippen LogP contribution in [0.3, 0.4) is 0 Å². The predicted octanol–water partition coefficient (Wildman–Crippen LogP) is 4.61. The summed E-state index contributed by atoms with van der Waals surface area (Å²) in [4.78, 5) is 12.7. The summed E-state index contributed by atoms with van der Waals surface area (Å²) in [6.45, 7) is 0. The zero-order chi connectivity index (χ0) is 16.1. The molecule has 0 saturated carbocycles. The quantitative estimate of drug-likeness (QED) is 0.637. The molecule has 1 nitrogen and oxygen atoms in total. The van der Waals surface area contributed by atoms with Crippen LogP contribution in [0.25, 0.3) is 0 Å². The first-order chi connectivity index (χ1) is 11.2. The van der Waals surface area contributed by atoms with Gasteiger partial charge in [-0.1, -0.05) is 103 Å². The molecule has 0 atom stereocenters. The second-order valence-electron chi connectivity index (χ2n) is 4.97. The van der Waals surface area contributed by atoms with Crippen molar-refractivity contribution < 1.29 is 4.79 Å². The van der Waals surface area contributed by atoms with E-state index in [0.29, 0.717) is 5.56 Å². The molecule has 0 aliphatic carbocycles. The fraction of sp³-hybridized carbons (Fsp3) is 0. The molecule has 0 aromatic heterocycles. The van der Waals surface area contributed by atoms with Gasteiger partial charge in [0.1, 0.15) is 0 Å². The number of rotatable bonds is 4. The summed E-state index contributed by atoms with van der Waals surface area (Å²) >= 11 is 7.36. The van der Waals surface area contributed by atoms with Crippen molar-refractivity contribution in [2.75, 3.05) is 0 Å². The van der Waals surface area contributed by atoms with E-state index in [4.69, 9.17) is 11.8 Å². The Bertz CT molecular complexity index is 790. The lowest BCUT2D eigenvalue weighted by Crippen LogP contribution is -2.14. The van der Waals surface area contributed by atoms with Gasteiger partial charge in [0.2, 0.25) is 5.12 Å². The molecule has 0 aliphatic heterocycles. The molecule has 0 unspecified atom stereocenters. The van der Waals surface area contributed by atoms with Gasteiger partial charge in [-0.25, -0.2) is 0 Å². The average Bonchev–Trinajstić information content (AvgIpc) is 2.64. The van der Waals surface area contributed by atoms with Crippen LogP contribution in [-0.4, -0.2) is 5.12 Å². The van der Waals surface area contributed by atoms with Crippen molar-refractivity contribution in [1.29, 1.82) is 0 Å². The largest absolute Gasteiger partial charge is 0.281 e. The Hall–Kier alpha value is -1.67. The minimum absolute atomic E-state index is 0.0293. The third-order valence-corrected chi connectivity index (χ3v) is 10.5. The molecule has 3 aromatic carbocycles. The summed E-state index contributed by atoms with van der Waals surface area (Å²) in [6, 6.07) is 29.3. The zero-order valence-corrected chi connectivity index (χ0v) is 14.9. The van der Waals surface area contributed by atoms with Gasteiger partial charge < -0.3 is 0 Å².